The Kier molecular flexibility index (Phi) is 14.8. The fourth-order valence-corrected chi connectivity index (χ4v) is 13.7. The number of hydrogen-bond acceptors (Lipinski definition) is 10. The molecule has 4 aromatic rings. The van der Waals surface area contributed by atoms with Crippen LogP contribution in [0.4, 0.5) is 0 Å². The molecule has 55 heavy (non-hydrogen) atoms. The Morgan fingerprint density at radius 2 is 1.42 bits per heavy atom. The van der Waals surface area contributed by atoms with Gasteiger partial charge < -0.3 is 32.4 Å². The second-order valence-corrected chi connectivity index (χ2v) is 20.9. The lowest BCUT2D eigenvalue weighted by molar-refractivity contribution is -0.108. The van der Waals surface area contributed by atoms with Crippen LogP contribution in [0.2, 0.25) is 5.04 Å². The third-order valence-corrected chi connectivity index (χ3v) is 16.8. The number of aryl methyl sites for hydroxylation is 1. The van der Waals surface area contributed by atoms with Gasteiger partial charge in [0.05, 0.1) is 45.3 Å². The van der Waals surface area contributed by atoms with Gasteiger partial charge >= 0.3 is 13.3 Å². The quantitative estimate of drug-likeness (QED) is 0.0729. The molecular weight excluding hydrogens is 740 g/mol. The van der Waals surface area contributed by atoms with Crippen molar-refractivity contribution in [1.29, 1.82) is 0 Å². The highest BCUT2D eigenvalue weighted by atomic mass is 31.2. The maximum atomic E-state index is 14.4. The number of nitrogens with zero attached hydrogens (tertiary/aromatic N) is 1. The smallest absolute Gasteiger partial charge is 0.333 e. The van der Waals surface area contributed by atoms with Gasteiger partial charge in [0.1, 0.15) is 18.3 Å². The molecule has 12 nitrogen and oxygen atoms in total. The molecule has 1 aliphatic rings. The molecule has 3 aromatic carbocycles. The summed E-state index contributed by atoms with van der Waals surface area (Å²) < 4.78 is 61.0. The van der Waals surface area contributed by atoms with Crippen LogP contribution < -0.4 is 21.6 Å². The van der Waals surface area contributed by atoms with E-state index in [1.54, 1.807) is 27.9 Å². The largest absolute Gasteiger partial charge is 0.399 e. The van der Waals surface area contributed by atoms with Crippen molar-refractivity contribution in [2.75, 3.05) is 39.7 Å². The molecule has 0 bridgehead atoms. The van der Waals surface area contributed by atoms with E-state index in [4.69, 9.17) is 32.4 Å². The van der Waals surface area contributed by atoms with Crippen molar-refractivity contribution in [3.8, 4) is 0 Å². The van der Waals surface area contributed by atoms with Crippen molar-refractivity contribution in [1.82, 2.24) is 9.55 Å². The van der Waals surface area contributed by atoms with Crippen molar-refractivity contribution in [3.63, 3.8) is 0 Å². The minimum atomic E-state index is -3.76. The van der Waals surface area contributed by atoms with E-state index in [0.717, 1.165) is 15.9 Å². The Bertz CT molecular complexity index is 1910. The monoisotopic (exact) mass is 794 g/mol. The van der Waals surface area contributed by atoms with Crippen LogP contribution in [-0.4, -0.2) is 82.0 Å². The number of rotatable bonds is 19. The summed E-state index contributed by atoms with van der Waals surface area (Å²) in [5, 5.41) is 1.56. The van der Waals surface area contributed by atoms with Gasteiger partial charge in [0.2, 0.25) is 0 Å². The fourth-order valence-electron chi connectivity index (χ4n) is 7.22. The lowest BCUT2D eigenvalue weighted by Crippen LogP contribution is -2.69. The van der Waals surface area contributed by atoms with E-state index >= 15 is 0 Å². The summed E-state index contributed by atoms with van der Waals surface area (Å²) in [6.45, 7) is 12.5. The Labute approximate surface area is 324 Å². The summed E-state index contributed by atoms with van der Waals surface area (Å²) in [5.41, 5.74) is 0.00314. The van der Waals surface area contributed by atoms with Crippen LogP contribution >= 0.6 is 7.60 Å². The van der Waals surface area contributed by atoms with E-state index in [9.17, 15) is 14.2 Å². The molecule has 0 radical (unpaired) electrons. The molecule has 0 saturated carbocycles. The van der Waals surface area contributed by atoms with Crippen molar-refractivity contribution < 1.29 is 37.0 Å². The first-order valence-electron chi connectivity index (χ1n) is 18.8. The number of aromatic nitrogens is 2. The van der Waals surface area contributed by atoms with Gasteiger partial charge in [-0.1, -0.05) is 112 Å². The van der Waals surface area contributed by atoms with Gasteiger partial charge in [0.15, 0.2) is 6.23 Å². The molecule has 14 heteroatoms. The zero-order valence-corrected chi connectivity index (χ0v) is 34.7. The topological polar surface area (TPSA) is 137 Å². The van der Waals surface area contributed by atoms with Crippen molar-refractivity contribution in [2.45, 2.75) is 83.8 Å². The Balaban J connectivity index is 1.77. The van der Waals surface area contributed by atoms with Gasteiger partial charge in [-0.15, -0.1) is 0 Å². The molecule has 1 saturated heterocycles. The normalized spacial score (nSPS) is 19.8. The number of aromatic amines is 1. The van der Waals surface area contributed by atoms with E-state index < -0.39 is 62.8 Å². The van der Waals surface area contributed by atoms with Crippen molar-refractivity contribution in [2.24, 2.45) is 0 Å². The van der Waals surface area contributed by atoms with Crippen LogP contribution in [0.1, 0.15) is 52.0 Å². The number of ether oxygens (including phenoxy) is 4. The zero-order chi connectivity index (χ0) is 39.6. The SMILES string of the molecule is CCOP(=O)(C[C@@H](OCc1ccccc1)[C@H]1O[C@@H](n2cc(C)c(=O)[nH]c2=O)[C@H](OCCOC)[C@@H]1O[Si](c1ccccc1)(c1ccccc1)C(C)(C)C)OCC. The van der Waals surface area contributed by atoms with Gasteiger partial charge in [-0.2, -0.15) is 0 Å². The minimum absolute atomic E-state index is 0.136. The predicted molar refractivity (Wildman–Crippen MR) is 215 cm³/mol. The van der Waals surface area contributed by atoms with Gasteiger partial charge in [-0.25, -0.2) is 4.79 Å². The number of hydrogen-bond donors (Lipinski definition) is 1. The van der Waals surface area contributed by atoms with E-state index in [2.05, 4.69) is 50.0 Å². The first kappa shape index (κ1) is 42.6. The van der Waals surface area contributed by atoms with Crippen molar-refractivity contribution in [3.05, 3.63) is 129 Å². The first-order valence-corrected chi connectivity index (χ1v) is 22.4. The zero-order valence-electron chi connectivity index (χ0n) is 32.8. The summed E-state index contributed by atoms with van der Waals surface area (Å²) >= 11 is 0. The molecule has 1 N–H and O–H groups in total. The highest BCUT2D eigenvalue weighted by molar-refractivity contribution is 7.53. The Morgan fingerprint density at radius 3 is 1.95 bits per heavy atom. The number of H-pyrrole nitrogens is 1. The third-order valence-electron chi connectivity index (χ3n) is 9.70. The molecule has 0 spiro atoms. The predicted octanol–water partition coefficient (Wildman–Crippen LogP) is 5.57. The second-order valence-electron chi connectivity index (χ2n) is 14.5. The Morgan fingerprint density at radius 1 is 0.855 bits per heavy atom. The lowest BCUT2D eigenvalue weighted by atomic mass is 10.1. The molecule has 0 amide bonds. The Hall–Kier alpha value is -3.49. The molecule has 1 aromatic heterocycles. The summed E-state index contributed by atoms with van der Waals surface area (Å²) in [5.74, 6) is 0. The minimum Gasteiger partial charge on any atom is -0.399 e. The highest BCUT2D eigenvalue weighted by Gasteiger charge is 2.59. The van der Waals surface area contributed by atoms with Crippen molar-refractivity contribution >= 4 is 26.3 Å². The van der Waals surface area contributed by atoms with Gasteiger partial charge in [0.25, 0.3) is 13.9 Å². The molecule has 0 aliphatic carbocycles. The summed E-state index contributed by atoms with van der Waals surface area (Å²) in [6, 6.07) is 29.9. The average molecular weight is 795 g/mol. The van der Waals surface area contributed by atoms with E-state index in [1.807, 2.05) is 66.7 Å². The summed E-state index contributed by atoms with van der Waals surface area (Å²) in [7, 11) is -5.54. The van der Waals surface area contributed by atoms with Crippen LogP contribution in [0.25, 0.3) is 0 Å². The molecule has 5 atom stereocenters. The van der Waals surface area contributed by atoms with Gasteiger partial charge in [-0.3, -0.25) is 18.9 Å². The second kappa shape index (κ2) is 19.1. The molecule has 2 heterocycles. The molecule has 298 valence electrons. The van der Waals surface area contributed by atoms with Crippen LogP contribution in [0.5, 0.6) is 0 Å². The lowest BCUT2D eigenvalue weighted by Gasteiger charge is -2.46. The van der Waals surface area contributed by atoms with Gasteiger partial charge in [0, 0.05) is 18.9 Å². The third kappa shape index (κ3) is 9.91. The van der Waals surface area contributed by atoms with Crippen LogP contribution in [0, 0.1) is 6.92 Å². The maximum absolute atomic E-state index is 14.4. The van der Waals surface area contributed by atoms with Crippen LogP contribution in [0.15, 0.2) is 107 Å². The average Bonchev–Trinajstić information content (AvgIpc) is 3.51. The van der Waals surface area contributed by atoms with E-state index in [-0.39, 0.29) is 39.2 Å². The van der Waals surface area contributed by atoms with Gasteiger partial charge in [-0.05, 0) is 41.7 Å². The summed E-state index contributed by atoms with van der Waals surface area (Å²) in [4.78, 5) is 28.6. The first-order chi connectivity index (χ1) is 26.4. The number of benzene rings is 3. The summed E-state index contributed by atoms with van der Waals surface area (Å²) in [6.07, 6.45) is -3.62. The highest BCUT2D eigenvalue weighted by Crippen LogP contribution is 2.51. The molecule has 5 rings (SSSR count). The standard InChI is InChI=1S/C41H55N2O10PSi/c1-8-50-54(46,51-9-2)29-34(49-28-31-19-13-10-14-20-31)35-36(37(48-26-25-47-7)39(52-35)43-27-30(3)38(44)42-40(43)45)53-55(41(4,5)6,32-21-15-11-16-22-32)33-23-17-12-18-24-33/h10-24,27,34-37,39H,8-9,25-26,28-29H2,1-7H3,(H,42,44,45)/t34-,35-,36-,37-,39-/m1/s1. The van der Waals surface area contributed by atoms with E-state index in [1.165, 1.54) is 10.8 Å². The molecular formula is C41H55N2O10PSi. The molecule has 1 aliphatic heterocycles. The number of nitrogens with one attached hydrogen (secondary N) is 1. The molecule has 0 unspecified atom stereocenters. The number of methoxy groups -OCH3 is 1. The van der Waals surface area contributed by atoms with Crippen LogP contribution in [0.3, 0.4) is 0 Å². The van der Waals surface area contributed by atoms with Crippen LogP contribution in [-0.2, 0) is 43.6 Å². The van der Waals surface area contributed by atoms with E-state index in [0.29, 0.717) is 5.56 Å². The maximum Gasteiger partial charge on any atom is 0.333 e. The fraction of sp³-hybridized carbons (Fsp3) is 0.463. The molecule has 1 fully saturated rings.